The second kappa shape index (κ2) is 11.1. The van der Waals surface area contributed by atoms with Crippen LogP contribution >= 0.6 is 0 Å². The van der Waals surface area contributed by atoms with Crippen LogP contribution in [0.4, 0.5) is 0 Å². The molecule has 0 aliphatic carbocycles. The third-order valence-electron chi connectivity index (χ3n) is 6.94. The van der Waals surface area contributed by atoms with Gasteiger partial charge in [-0.3, -0.25) is 9.36 Å². The fourth-order valence-electron chi connectivity index (χ4n) is 4.74. The van der Waals surface area contributed by atoms with Crippen molar-refractivity contribution in [1.29, 1.82) is 0 Å². The van der Waals surface area contributed by atoms with E-state index in [4.69, 9.17) is 14.2 Å². The number of sulfonamides is 1. The third kappa shape index (κ3) is 5.02. The molecule has 1 saturated heterocycles. The smallest absolute Gasteiger partial charge is 0.291 e. The summed E-state index contributed by atoms with van der Waals surface area (Å²) in [6.07, 6.45) is 2.07. The molecule has 1 aliphatic rings. The largest absolute Gasteiger partial charge is 0.493 e. The van der Waals surface area contributed by atoms with Crippen molar-refractivity contribution in [2.45, 2.75) is 44.9 Å². The van der Waals surface area contributed by atoms with Crippen molar-refractivity contribution in [3.8, 4) is 23.1 Å². The maximum Gasteiger partial charge on any atom is 0.291 e. The number of aryl methyl sites for hydroxylation is 2. The van der Waals surface area contributed by atoms with Crippen molar-refractivity contribution in [2.75, 3.05) is 39.8 Å². The predicted molar refractivity (Wildman–Crippen MR) is 148 cm³/mol. The van der Waals surface area contributed by atoms with E-state index in [9.17, 15) is 13.2 Å². The standard InChI is InChI=1S/C26H34N8O5S/c1-6-8-20-22-23(29-34(20)26-27-17(3)39-30-26)25(35)32(5)24(28-22)19-16-18(9-10-21(19)38-15-7-2)40(36,37)33-13-11-31(4)12-14-33/h9-10,16H,6-8,11-15H2,1-5H3. The summed E-state index contributed by atoms with van der Waals surface area (Å²) in [6.45, 7) is 8.20. The zero-order valence-corrected chi connectivity index (χ0v) is 24.2. The molecule has 4 aromatic rings. The minimum Gasteiger partial charge on any atom is -0.493 e. The summed E-state index contributed by atoms with van der Waals surface area (Å²) in [4.78, 5) is 25.0. The zero-order chi connectivity index (χ0) is 28.6. The van der Waals surface area contributed by atoms with E-state index in [1.165, 1.54) is 13.6 Å². The van der Waals surface area contributed by atoms with Gasteiger partial charge in [0.2, 0.25) is 15.9 Å². The first-order chi connectivity index (χ1) is 19.1. The number of piperazine rings is 1. The average Bonchev–Trinajstić information content (AvgIpc) is 3.53. The monoisotopic (exact) mass is 570 g/mol. The molecule has 0 spiro atoms. The minimum atomic E-state index is -3.77. The van der Waals surface area contributed by atoms with Crippen LogP contribution in [0.3, 0.4) is 0 Å². The van der Waals surface area contributed by atoms with Crippen LogP contribution < -0.4 is 10.3 Å². The number of fused-ring (bicyclic) bond motifs is 1. The third-order valence-corrected chi connectivity index (χ3v) is 8.84. The minimum absolute atomic E-state index is 0.122. The normalized spacial score (nSPS) is 15.2. The van der Waals surface area contributed by atoms with Gasteiger partial charge in [0.1, 0.15) is 17.1 Å². The number of nitrogens with zero attached hydrogens (tertiary/aromatic N) is 8. The topological polar surface area (TPSA) is 141 Å². The summed E-state index contributed by atoms with van der Waals surface area (Å²) in [6, 6.07) is 4.75. The SMILES string of the molecule is CCCOc1ccc(S(=O)(=O)N2CCN(C)CC2)cc1-c1nc2c(CCC)n(-c3noc(C)n3)nc2c(=O)n1C. The first-order valence-electron chi connectivity index (χ1n) is 13.4. The molecule has 0 atom stereocenters. The summed E-state index contributed by atoms with van der Waals surface area (Å²) in [5.74, 6) is 1.31. The van der Waals surface area contributed by atoms with Crippen LogP contribution in [-0.2, 0) is 23.5 Å². The summed E-state index contributed by atoms with van der Waals surface area (Å²) < 4.78 is 42.7. The average molecular weight is 571 g/mol. The lowest BCUT2D eigenvalue weighted by molar-refractivity contribution is 0.222. The van der Waals surface area contributed by atoms with Crippen molar-refractivity contribution in [1.82, 2.24) is 38.7 Å². The summed E-state index contributed by atoms with van der Waals surface area (Å²) in [7, 11) is -0.212. The van der Waals surface area contributed by atoms with Crippen LogP contribution in [0.15, 0.2) is 32.4 Å². The Morgan fingerprint density at radius 1 is 1.02 bits per heavy atom. The van der Waals surface area contributed by atoms with Crippen molar-refractivity contribution in [2.24, 2.45) is 7.05 Å². The van der Waals surface area contributed by atoms with Crippen LogP contribution in [0.2, 0.25) is 0 Å². The Hall–Kier alpha value is -3.62. The highest BCUT2D eigenvalue weighted by atomic mass is 32.2. The van der Waals surface area contributed by atoms with E-state index in [0.717, 1.165) is 12.8 Å². The molecule has 14 heteroatoms. The first kappa shape index (κ1) is 27.9. The summed E-state index contributed by atoms with van der Waals surface area (Å²) in [5, 5.41) is 8.48. The van der Waals surface area contributed by atoms with Gasteiger partial charge in [-0.15, -0.1) is 0 Å². The van der Waals surface area contributed by atoms with Crippen LogP contribution in [0.5, 0.6) is 5.75 Å². The lowest BCUT2D eigenvalue weighted by Gasteiger charge is -2.31. The van der Waals surface area contributed by atoms with Crippen LogP contribution in [-0.4, -0.2) is 86.9 Å². The number of ether oxygens (including phenoxy) is 1. The molecule has 1 aliphatic heterocycles. The maximum absolute atomic E-state index is 13.6. The Balaban J connectivity index is 1.70. The number of hydrogen-bond donors (Lipinski definition) is 0. The van der Waals surface area contributed by atoms with Gasteiger partial charge in [0.15, 0.2) is 5.52 Å². The van der Waals surface area contributed by atoms with Gasteiger partial charge in [-0.1, -0.05) is 20.3 Å². The zero-order valence-electron chi connectivity index (χ0n) is 23.4. The number of benzene rings is 1. The molecule has 1 aromatic carbocycles. The van der Waals surface area contributed by atoms with Crippen LogP contribution in [0.25, 0.3) is 28.4 Å². The highest BCUT2D eigenvalue weighted by molar-refractivity contribution is 7.89. The van der Waals surface area contributed by atoms with Gasteiger partial charge in [0, 0.05) is 40.2 Å². The Bertz CT molecular complexity index is 1700. The molecule has 0 amide bonds. The van der Waals surface area contributed by atoms with Gasteiger partial charge < -0.3 is 14.2 Å². The highest BCUT2D eigenvalue weighted by Gasteiger charge is 2.29. The molecule has 5 rings (SSSR count). The van der Waals surface area contributed by atoms with Gasteiger partial charge >= 0.3 is 0 Å². The molecule has 40 heavy (non-hydrogen) atoms. The second-order valence-electron chi connectivity index (χ2n) is 9.93. The van der Waals surface area contributed by atoms with E-state index in [-0.39, 0.29) is 27.7 Å². The van der Waals surface area contributed by atoms with Crippen molar-refractivity contribution in [3.05, 3.63) is 40.1 Å². The van der Waals surface area contributed by atoms with Crippen molar-refractivity contribution in [3.63, 3.8) is 0 Å². The van der Waals surface area contributed by atoms with Gasteiger partial charge in [0.25, 0.3) is 11.5 Å². The van der Waals surface area contributed by atoms with E-state index >= 15 is 0 Å². The van der Waals surface area contributed by atoms with E-state index in [1.54, 1.807) is 32.2 Å². The molecule has 0 N–H and O–H groups in total. The first-order valence-corrected chi connectivity index (χ1v) is 14.8. The Morgan fingerprint density at radius 3 is 2.42 bits per heavy atom. The summed E-state index contributed by atoms with van der Waals surface area (Å²) in [5.41, 5.74) is 1.25. The molecular weight excluding hydrogens is 536 g/mol. The molecule has 4 heterocycles. The van der Waals surface area contributed by atoms with E-state index in [0.29, 0.717) is 67.6 Å². The predicted octanol–water partition coefficient (Wildman–Crippen LogP) is 2.16. The lowest BCUT2D eigenvalue weighted by Crippen LogP contribution is -2.47. The Morgan fingerprint density at radius 2 is 1.77 bits per heavy atom. The molecule has 0 saturated carbocycles. The molecule has 13 nitrogen and oxygen atoms in total. The molecule has 0 unspecified atom stereocenters. The molecule has 0 radical (unpaired) electrons. The van der Waals surface area contributed by atoms with Crippen molar-refractivity contribution >= 4 is 21.1 Å². The molecular formula is C26H34N8O5S. The van der Waals surface area contributed by atoms with E-state index in [2.05, 4.69) is 20.1 Å². The molecule has 1 fully saturated rings. The summed E-state index contributed by atoms with van der Waals surface area (Å²) >= 11 is 0. The van der Waals surface area contributed by atoms with Gasteiger partial charge in [-0.2, -0.15) is 19.1 Å². The Kier molecular flexibility index (Phi) is 7.75. The molecule has 214 valence electrons. The van der Waals surface area contributed by atoms with Crippen LogP contribution in [0.1, 0.15) is 38.3 Å². The number of likely N-dealkylation sites (N-methyl/N-ethyl adjacent to an activating group) is 1. The van der Waals surface area contributed by atoms with E-state index < -0.39 is 10.0 Å². The fraction of sp³-hybridized carbons (Fsp3) is 0.500. The highest BCUT2D eigenvalue weighted by Crippen LogP contribution is 2.33. The molecule has 3 aromatic heterocycles. The quantitative estimate of drug-likeness (QED) is 0.294. The second-order valence-corrected chi connectivity index (χ2v) is 11.9. The Labute approximate surface area is 232 Å². The number of rotatable bonds is 9. The van der Waals surface area contributed by atoms with Crippen LogP contribution in [0, 0.1) is 6.92 Å². The number of hydrogen-bond acceptors (Lipinski definition) is 10. The van der Waals surface area contributed by atoms with Gasteiger partial charge in [-0.25, -0.2) is 13.4 Å². The lowest BCUT2D eigenvalue weighted by atomic mass is 10.1. The number of aromatic nitrogens is 6. The van der Waals surface area contributed by atoms with Gasteiger partial charge in [0.05, 0.1) is 22.8 Å². The fourth-order valence-corrected chi connectivity index (χ4v) is 6.19. The van der Waals surface area contributed by atoms with E-state index in [1.807, 2.05) is 20.9 Å². The van der Waals surface area contributed by atoms with Gasteiger partial charge in [-0.05, 0) is 43.2 Å². The molecule has 0 bridgehead atoms. The van der Waals surface area contributed by atoms with Crippen molar-refractivity contribution < 1.29 is 17.7 Å². The maximum atomic E-state index is 13.6.